The number of carbonyl (C=O) groups excluding carboxylic acids is 1. The van der Waals surface area contributed by atoms with Gasteiger partial charge in [-0.2, -0.15) is 0 Å². The highest BCUT2D eigenvalue weighted by Gasteiger charge is 2.33. The molecule has 154 valence electrons. The average Bonchev–Trinajstić information content (AvgIpc) is 2.79. The third kappa shape index (κ3) is 4.22. The summed E-state index contributed by atoms with van der Waals surface area (Å²) in [4.78, 5) is 32.8. The number of amides is 1. The zero-order valence-corrected chi connectivity index (χ0v) is 17.7. The molecule has 3 aromatic heterocycles. The van der Waals surface area contributed by atoms with Gasteiger partial charge >= 0.3 is 0 Å². The number of nitrogens with zero attached hydrogens (tertiary/aromatic N) is 5. The molecule has 0 radical (unpaired) electrons. The van der Waals surface area contributed by atoms with Crippen LogP contribution >= 0.6 is 0 Å². The number of pyridine rings is 2. The summed E-state index contributed by atoms with van der Waals surface area (Å²) in [5.74, 6) is 1.04. The van der Waals surface area contributed by atoms with E-state index in [2.05, 4.69) is 15.0 Å². The fourth-order valence-electron chi connectivity index (χ4n) is 3.96. The highest BCUT2D eigenvalue weighted by Crippen LogP contribution is 2.35. The lowest BCUT2D eigenvalue weighted by molar-refractivity contribution is -0.140. The second-order valence-electron chi connectivity index (χ2n) is 8.80. The Balaban J connectivity index is 1.75. The number of rotatable bonds is 3. The molecule has 0 aromatic carbocycles. The van der Waals surface area contributed by atoms with Crippen LogP contribution in [0.4, 0.5) is 0 Å². The van der Waals surface area contributed by atoms with Gasteiger partial charge in [-0.1, -0.05) is 20.8 Å². The molecule has 1 amide bonds. The molecule has 4 heterocycles. The molecule has 0 aliphatic carbocycles. The van der Waals surface area contributed by atoms with E-state index in [1.165, 1.54) is 0 Å². The smallest absolute Gasteiger partial charge is 0.227 e. The number of piperidine rings is 1. The molecule has 4 rings (SSSR count). The Hall–Kier alpha value is -3.15. The molecular formula is C24H27N5O. The van der Waals surface area contributed by atoms with Gasteiger partial charge in [-0.05, 0) is 42.7 Å². The molecule has 1 fully saturated rings. The van der Waals surface area contributed by atoms with Gasteiger partial charge in [-0.25, -0.2) is 9.97 Å². The molecule has 3 aromatic rings. The summed E-state index contributed by atoms with van der Waals surface area (Å²) in [5.41, 5.74) is 3.59. The lowest BCUT2D eigenvalue weighted by atomic mass is 9.87. The Bertz CT molecular complexity index is 1010. The van der Waals surface area contributed by atoms with E-state index >= 15 is 0 Å². The first kappa shape index (κ1) is 20.1. The third-order valence-corrected chi connectivity index (χ3v) is 5.48. The van der Waals surface area contributed by atoms with E-state index in [-0.39, 0.29) is 17.2 Å². The fourth-order valence-corrected chi connectivity index (χ4v) is 3.96. The molecule has 1 atom stereocenters. The van der Waals surface area contributed by atoms with Gasteiger partial charge in [-0.3, -0.25) is 14.8 Å². The van der Waals surface area contributed by atoms with Crippen LogP contribution in [-0.4, -0.2) is 43.8 Å². The quantitative estimate of drug-likeness (QED) is 0.652. The van der Waals surface area contributed by atoms with Crippen LogP contribution < -0.4 is 0 Å². The summed E-state index contributed by atoms with van der Waals surface area (Å²) in [7, 11) is 0. The van der Waals surface area contributed by atoms with Gasteiger partial charge in [0.05, 0.1) is 5.69 Å². The lowest BCUT2D eigenvalue weighted by Gasteiger charge is -2.36. The second kappa shape index (κ2) is 8.30. The molecule has 0 unspecified atom stereocenters. The zero-order chi connectivity index (χ0) is 21.1. The van der Waals surface area contributed by atoms with Crippen LogP contribution in [0.5, 0.6) is 0 Å². The Morgan fingerprint density at radius 1 is 1.00 bits per heavy atom. The van der Waals surface area contributed by atoms with Crippen molar-refractivity contribution < 1.29 is 4.79 Å². The Morgan fingerprint density at radius 2 is 1.63 bits per heavy atom. The van der Waals surface area contributed by atoms with Crippen LogP contribution in [0.1, 0.15) is 45.2 Å². The summed E-state index contributed by atoms with van der Waals surface area (Å²) in [6, 6.07) is 7.80. The van der Waals surface area contributed by atoms with Gasteiger partial charge in [0.2, 0.25) is 5.91 Å². The van der Waals surface area contributed by atoms with E-state index in [0.29, 0.717) is 12.4 Å². The highest BCUT2D eigenvalue weighted by atomic mass is 16.2. The zero-order valence-electron chi connectivity index (χ0n) is 17.7. The molecule has 6 nitrogen and oxygen atoms in total. The first-order valence-electron chi connectivity index (χ1n) is 10.4. The minimum Gasteiger partial charge on any atom is -0.342 e. The Morgan fingerprint density at radius 3 is 2.27 bits per heavy atom. The van der Waals surface area contributed by atoms with Crippen LogP contribution in [0.25, 0.3) is 22.5 Å². The lowest BCUT2D eigenvalue weighted by Crippen LogP contribution is -2.44. The van der Waals surface area contributed by atoms with Crippen LogP contribution in [0.2, 0.25) is 0 Å². The van der Waals surface area contributed by atoms with E-state index in [4.69, 9.17) is 4.98 Å². The predicted molar refractivity (Wildman–Crippen MR) is 117 cm³/mol. The van der Waals surface area contributed by atoms with Gasteiger partial charge in [0, 0.05) is 66.5 Å². The van der Waals surface area contributed by atoms with Gasteiger partial charge < -0.3 is 4.90 Å². The van der Waals surface area contributed by atoms with E-state index in [0.717, 1.165) is 41.8 Å². The van der Waals surface area contributed by atoms with Crippen LogP contribution in [0, 0.1) is 5.41 Å². The van der Waals surface area contributed by atoms with Crippen molar-refractivity contribution in [3.05, 3.63) is 60.9 Å². The number of likely N-dealkylation sites (tertiary alicyclic amines) is 1. The molecule has 0 spiro atoms. The monoisotopic (exact) mass is 401 g/mol. The molecular weight excluding hydrogens is 374 g/mol. The van der Waals surface area contributed by atoms with E-state index < -0.39 is 0 Å². The maximum atomic E-state index is 12.9. The first-order chi connectivity index (χ1) is 14.4. The number of hydrogen-bond donors (Lipinski definition) is 0. The minimum atomic E-state index is -0.385. The maximum Gasteiger partial charge on any atom is 0.227 e. The summed E-state index contributed by atoms with van der Waals surface area (Å²) in [6.45, 7) is 7.43. The Labute approximate surface area is 177 Å². The van der Waals surface area contributed by atoms with Crippen molar-refractivity contribution in [3.63, 3.8) is 0 Å². The predicted octanol–water partition coefficient (Wildman–Crippen LogP) is 4.35. The fraction of sp³-hybridized carbons (Fsp3) is 0.375. The molecule has 1 saturated heterocycles. The minimum absolute atomic E-state index is 0.164. The first-order valence-corrected chi connectivity index (χ1v) is 10.4. The molecule has 30 heavy (non-hydrogen) atoms. The standard InChI is InChI=1S/C24H27N5O/c1-24(2,3)23(30)29-14-4-5-19(16-29)21-20(17-6-10-25-11-7-17)15-27-22(28-21)18-8-12-26-13-9-18/h6-13,15,19H,4-5,14,16H2,1-3H3/t19-/m1/s1. The van der Waals surface area contributed by atoms with Gasteiger partial charge in [0.1, 0.15) is 0 Å². The van der Waals surface area contributed by atoms with E-state index in [1.807, 2.05) is 56.1 Å². The van der Waals surface area contributed by atoms with Crippen molar-refractivity contribution in [1.29, 1.82) is 0 Å². The van der Waals surface area contributed by atoms with Crippen molar-refractivity contribution in [2.45, 2.75) is 39.5 Å². The molecule has 1 aliphatic heterocycles. The number of aromatic nitrogens is 4. The summed E-state index contributed by atoms with van der Waals surface area (Å²) in [5, 5.41) is 0. The normalized spacial score (nSPS) is 17.0. The topological polar surface area (TPSA) is 71.9 Å². The molecule has 6 heteroatoms. The SMILES string of the molecule is CC(C)(C)C(=O)N1CCC[C@@H](c2nc(-c3ccncc3)ncc2-c2ccncc2)C1. The van der Waals surface area contributed by atoms with Crippen molar-refractivity contribution in [2.75, 3.05) is 13.1 Å². The van der Waals surface area contributed by atoms with Gasteiger partial charge in [-0.15, -0.1) is 0 Å². The largest absolute Gasteiger partial charge is 0.342 e. The number of hydrogen-bond acceptors (Lipinski definition) is 5. The van der Waals surface area contributed by atoms with Crippen molar-refractivity contribution in [2.24, 2.45) is 5.41 Å². The third-order valence-electron chi connectivity index (χ3n) is 5.48. The van der Waals surface area contributed by atoms with E-state index in [9.17, 15) is 4.79 Å². The van der Waals surface area contributed by atoms with Crippen LogP contribution in [-0.2, 0) is 4.79 Å². The molecule has 1 aliphatic rings. The number of carbonyl (C=O) groups is 1. The summed E-state index contributed by atoms with van der Waals surface area (Å²) < 4.78 is 0. The highest BCUT2D eigenvalue weighted by molar-refractivity contribution is 5.81. The van der Waals surface area contributed by atoms with Gasteiger partial charge in [0.25, 0.3) is 0 Å². The van der Waals surface area contributed by atoms with Crippen LogP contribution in [0.3, 0.4) is 0 Å². The molecule has 0 saturated carbocycles. The van der Waals surface area contributed by atoms with E-state index in [1.54, 1.807) is 24.8 Å². The van der Waals surface area contributed by atoms with Crippen molar-refractivity contribution in [3.8, 4) is 22.5 Å². The van der Waals surface area contributed by atoms with Crippen molar-refractivity contribution in [1.82, 2.24) is 24.8 Å². The summed E-state index contributed by atoms with van der Waals surface area (Å²) >= 11 is 0. The van der Waals surface area contributed by atoms with Gasteiger partial charge in [0.15, 0.2) is 5.82 Å². The molecule has 0 N–H and O–H groups in total. The van der Waals surface area contributed by atoms with Crippen molar-refractivity contribution >= 4 is 5.91 Å². The summed E-state index contributed by atoms with van der Waals surface area (Å²) in [6.07, 6.45) is 10.9. The maximum absolute atomic E-state index is 12.9. The molecule has 0 bridgehead atoms. The average molecular weight is 402 g/mol. The second-order valence-corrected chi connectivity index (χ2v) is 8.80. The van der Waals surface area contributed by atoms with Crippen LogP contribution in [0.15, 0.2) is 55.2 Å². The Kier molecular flexibility index (Phi) is 5.57.